The summed E-state index contributed by atoms with van der Waals surface area (Å²) >= 11 is 0. The van der Waals surface area contributed by atoms with Crippen LogP contribution in [0, 0.1) is 93.8 Å². The molecule has 0 amide bonds. The Bertz CT molecular complexity index is 897. The van der Waals surface area contributed by atoms with Gasteiger partial charge in [0.2, 0.25) is 0 Å². The van der Waals surface area contributed by atoms with Gasteiger partial charge in [-0.15, -0.1) is 0 Å². The molecule has 0 fully saturated rings. The number of hydrogen-bond acceptors (Lipinski definition) is 30. The van der Waals surface area contributed by atoms with Gasteiger partial charge in [-0.05, 0) is 0 Å². The van der Waals surface area contributed by atoms with Crippen LogP contribution >= 0.6 is 0 Å². The minimum Gasteiger partial charge on any atom is -0.548 e. The molecule has 0 bridgehead atoms. The second kappa shape index (κ2) is 114. The Morgan fingerprint density at radius 1 is 0.183 bits per heavy atom. The largest absolute Gasteiger partial charge is 3.00 e. The number of carboxylic acid groups (broad SMARTS) is 12. The van der Waals surface area contributed by atoms with Crippen molar-refractivity contribution in [2.45, 2.75) is 0 Å². The summed E-state index contributed by atoms with van der Waals surface area (Å²) in [5, 5.41) is 114. The van der Waals surface area contributed by atoms with Gasteiger partial charge in [0.25, 0.3) is 0 Å². The number of carbonyl (C=O) groups is 12. The van der Waals surface area contributed by atoms with Crippen LogP contribution in [0.3, 0.4) is 0 Å². The summed E-state index contributed by atoms with van der Waals surface area (Å²) in [6.07, 6.45) is 0. The topological polar surface area (TPSA) is 915 Å². The first kappa shape index (κ1) is 151. The van der Waals surface area contributed by atoms with Crippen molar-refractivity contribution < 1.29 is 307 Å². The van der Waals surface area contributed by atoms with E-state index in [0.29, 0.717) is 0 Å². The first-order chi connectivity index (χ1) is 24.8. The number of rotatable bonds is 24. The van der Waals surface area contributed by atoms with Gasteiger partial charge in [-0.25, -0.2) is 0 Å². The van der Waals surface area contributed by atoms with Gasteiger partial charge in [0.05, 0.1) is 151 Å². The number of ether oxygens (including phenoxy) is 6. The minimum absolute atomic E-state index is 0. The molecule has 42 nitrogen and oxygen atoms in total. The Labute approximate surface area is 562 Å². The van der Waals surface area contributed by atoms with Crippen LogP contribution < -0.4 is 61.3 Å². The van der Waals surface area contributed by atoms with Gasteiger partial charge in [-0.3, -0.25) is 0 Å². The van der Waals surface area contributed by atoms with E-state index in [-0.39, 0.29) is 273 Å². The maximum absolute atomic E-state index is 9.53. The van der Waals surface area contributed by atoms with Gasteiger partial charge in [-0.2, -0.15) is 0 Å². The first-order valence-corrected chi connectivity index (χ1v) is 12.6. The van der Waals surface area contributed by atoms with Gasteiger partial charge in [0.15, 0.2) is 0 Å². The molecule has 430 valence electrons. The van der Waals surface area contributed by atoms with Crippen molar-refractivity contribution in [1.82, 2.24) is 0 Å². The summed E-state index contributed by atoms with van der Waals surface area (Å²) < 4.78 is 24.2. The molecule has 0 saturated heterocycles. The smallest absolute Gasteiger partial charge is 0.548 e. The summed E-state index contributed by atoms with van der Waals surface area (Å²) in [7, 11) is 0. The van der Waals surface area contributed by atoms with Crippen molar-refractivity contribution >= 4 is 185 Å². The molecule has 2 radical (unpaired) electrons. The van der Waals surface area contributed by atoms with Crippen LogP contribution in [-0.2, 0) is 86.0 Å². The molecule has 0 rings (SSSR count). The van der Waals surface area contributed by atoms with E-state index in [1.54, 1.807) is 0 Å². The molecule has 0 atom stereocenters. The molecule has 0 aliphatic heterocycles. The van der Waals surface area contributed by atoms with Crippen molar-refractivity contribution in [2.24, 2.45) is 0 Å². The molecule has 24 N–H and O–H groups in total. The third-order valence-corrected chi connectivity index (χ3v) is 2.64. The van der Waals surface area contributed by atoms with Crippen molar-refractivity contribution in [2.75, 3.05) is 79.3 Å². The number of carbonyl (C=O) groups excluding carboxylic acids is 12. The van der Waals surface area contributed by atoms with Crippen molar-refractivity contribution in [3.8, 4) is 0 Å². The summed E-state index contributed by atoms with van der Waals surface area (Å²) in [5.41, 5.74) is 0. The monoisotopic (exact) mass is 1480 g/mol. The zero-order valence-corrected chi connectivity index (χ0v) is 45.4. The predicted molar refractivity (Wildman–Crippen MR) is 186 cm³/mol. The van der Waals surface area contributed by atoms with Gasteiger partial charge in [0.1, 0.15) is 0 Å². The van der Waals surface area contributed by atoms with Crippen LogP contribution in [0.15, 0.2) is 0 Å². The molecule has 47 heteroatoms. The average Bonchev–Trinajstić information content (AvgIpc) is 2.96. The molecule has 0 aliphatic rings. The number of carboxylic acids is 12. The Balaban J connectivity index is -0.0000000177. The normalized spacial score (nSPS) is 6.76. The quantitative estimate of drug-likeness (QED) is 0.0810. The fraction of sp³-hybridized carbons (Fsp3) is 0.500. The van der Waals surface area contributed by atoms with E-state index in [1.165, 1.54) is 0 Å². The van der Waals surface area contributed by atoms with Crippen molar-refractivity contribution in [3.63, 3.8) is 0 Å². The third kappa shape index (κ3) is 251. The summed E-state index contributed by atoms with van der Waals surface area (Å²) in [6.45, 7) is -8.57. The van der Waals surface area contributed by atoms with Crippen LogP contribution in [0.4, 0.5) is 0 Å². The van der Waals surface area contributed by atoms with Gasteiger partial charge < -0.3 is 213 Å². The maximum Gasteiger partial charge on any atom is 3.00 e. The fourth-order valence-electron chi connectivity index (χ4n) is 1.31. The van der Waals surface area contributed by atoms with Gasteiger partial charge in [0, 0.05) is 0 Å². The van der Waals surface area contributed by atoms with E-state index in [9.17, 15) is 119 Å². The van der Waals surface area contributed by atoms with Crippen molar-refractivity contribution in [3.05, 3.63) is 0 Å². The maximum atomic E-state index is 9.53. The Hall–Kier alpha value is -0.262. The van der Waals surface area contributed by atoms with Crippen LogP contribution in [0.1, 0.15) is 0 Å². The SMILES string of the molecule is O.O.O.O.O.O.O.O.O.O.O.O.O=C([O-])COCC(=O)[O-].O=C([O-])COCC(=O)[O-].O=C([O-])COCC(=O)[O-].O=C([O-])COCC(=O)[O-].O=C([O-])COCC(=O)[O-].O=C([O-])COCC(=O)[O-].[Ca+2].[Ca+2].[Ca+2].[Yb+3].[Yb+3]. The Morgan fingerprint density at radius 2 is 0.225 bits per heavy atom. The van der Waals surface area contributed by atoms with Gasteiger partial charge >= 0.3 is 207 Å². The van der Waals surface area contributed by atoms with E-state index >= 15 is 0 Å². The van der Waals surface area contributed by atoms with E-state index in [0.717, 1.165) is 0 Å². The molecule has 0 aromatic rings. The van der Waals surface area contributed by atoms with E-state index < -0.39 is 151 Å². The molecule has 0 spiro atoms. The molecule has 0 aromatic carbocycles. The molecule has 0 unspecified atom stereocenters. The Morgan fingerprint density at radius 3 is 0.254 bits per heavy atom. The summed E-state index contributed by atoms with van der Waals surface area (Å²) in [6, 6.07) is 0. The zero-order valence-electron chi connectivity index (χ0n) is 35.4. The Kier molecular flexibility index (Phi) is 243. The summed E-state index contributed by atoms with van der Waals surface area (Å²) in [5.74, 6) is -17.4. The molecule has 0 aromatic heterocycles. The van der Waals surface area contributed by atoms with E-state index in [1.807, 2.05) is 0 Å². The molecule has 0 aliphatic carbocycles. The standard InChI is InChI=1S/6C4H6O5.3Ca.12H2O.2Yb/c6*5-3(6)1-9-2-4(7)8;;;;;;;;;;;;;;;;;/h6*1-2H2,(H,5,6)(H,7,8);;;;12*1H2;;/q;;;;;;3*+2;;;;;;;;;;;;;2*+3/p-12. The minimum atomic E-state index is -1.45. The zero-order chi connectivity index (χ0) is 43.7. The predicted octanol–water partition coefficient (Wildman–Crippen LogP) is -32.0. The number of hydrogen-bond donors (Lipinski definition) is 0. The van der Waals surface area contributed by atoms with Crippen LogP contribution in [-0.4, -0.2) is 330 Å². The van der Waals surface area contributed by atoms with Crippen LogP contribution in [0.2, 0.25) is 0 Å². The van der Waals surface area contributed by atoms with Gasteiger partial charge in [-0.1, -0.05) is 0 Å². The second-order valence-corrected chi connectivity index (χ2v) is 7.42. The molecule has 0 heterocycles. The second-order valence-electron chi connectivity index (χ2n) is 7.42. The third-order valence-electron chi connectivity index (χ3n) is 2.64. The molecule has 71 heavy (non-hydrogen) atoms. The van der Waals surface area contributed by atoms with Crippen LogP contribution in [0.5, 0.6) is 0 Å². The fourth-order valence-corrected chi connectivity index (χ4v) is 1.31. The summed E-state index contributed by atoms with van der Waals surface area (Å²) in [4.78, 5) is 114. The van der Waals surface area contributed by atoms with Crippen molar-refractivity contribution in [1.29, 1.82) is 0 Å². The first-order valence-electron chi connectivity index (χ1n) is 12.6. The van der Waals surface area contributed by atoms with E-state index in [2.05, 4.69) is 28.4 Å². The molecule has 0 saturated carbocycles. The molecular formula is C24H48Ca3O42Yb2. The average molecular weight is 1470 g/mol. The van der Waals surface area contributed by atoms with Crippen LogP contribution in [0.25, 0.3) is 0 Å². The van der Waals surface area contributed by atoms with E-state index in [4.69, 9.17) is 0 Å². The number of aliphatic carboxylic acids is 12. The molecular weight excluding hydrogens is 1430 g/mol.